The topological polar surface area (TPSA) is 41.3 Å². The van der Waals surface area contributed by atoms with Gasteiger partial charge in [0.2, 0.25) is 0 Å². The zero-order valence-electron chi connectivity index (χ0n) is 10.9. The maximum atomic E-state index is 9.02. The van der Waals surface area contributed by atoms with Crippen molar-refractivity contribution >= 4 is 15.9 Å². The molecule has 98 valence electrons. The number of aliphatic hydroxyl groups excluding tert-OH is 1. The fraction of sp³-hybridized carbons (Fsp3) is 0.750. The first-order valence-corrected chi connectivity index (χ1v) is 7.04. The van der Waals surface area contributed by atoms with Crippen molar-refractivity contribution in [2.75, 3.05) is 19.7 Å². The van der Waals surface area contributed by atoms with Gasteiger partial charge < -0.3 is 5.11 Å². The Morgan fingerprint density at radius 1 is 1.35 bits per heavy atom. The van der Waals surface area contributed by atoms with Gasteiger partial charge in [0.25, 0.3) is 0 Å². The van der Waals surface area contributed by atoms with Gasteiger partial charge in [-0.3, -0.25) is 9.58 Å². The highest BCUT2D eigenvalue weighted by atomic mass is 79.9. The highest BCUT2D eigenvalue weighted by Crippen LogP contribution is 2.23. The number of nitrogens with zero attached hydrogens (tertiary/aromatic N) is 3. The van der Waals surface area contributed by atoms with Crippen LogP contribution in [-0.2, 0) is 19.5 Å². The molecule has 17 heavy (non-hydrogen) atoms. The minimum atomic E-state index is 0.201. The molecule has 0 aliphatic heterocycles. The van der Waals surface area contributed by atoms with Gasteiger partial charge in [0.1, 0.15) is 0 Å². The molecule has 0 spiro atoms. The lowest BCUT2D eigenvalue weighted by atomic mass is 10.3. The lowest BCUT2D eigenvalue weighted by Gasteiger charge is -2.19. The van der Waals surface area contributed by atoms with E-state index in [1.54, 1.807) is 0 Å². The van der Waals surface area contributed by atoms with Crippen molar-refractivity contribution in [2.45, 2.75) is 40.3 Å². The molecule has 0 radical (unpaired) electrons. The number of halogens is 1. The highest BCUT2D eigenvalue weighted by molar-refractivity contribution is 9.10. The van der Waals surface area contributed by atoms with Gasteiger partial charge in [-0.15, -0.1) is 0 Å². The zero-order chi connectivity index (χ0) is 12.8. The Morgan fingerprint density at radius 2 is 2.06 bits per heavy atom. The number of rotatable bonds is 7. The summed E-state index contributed by atoms with van der Waals surface area (Å²) in [5.74, 6) is 0. The Morgan fingerprint density at radius 3 is 2.53 bits per heavy atom. The van der Waals surface area contributed by atoms with Crippen LogP contribution in [-0.4, -0.2) is 39.5 Å². The molecule has 0 aliphatic carbocycles. The molecule has 0 amide bonds. The summed E-state index contributed by atoms with van der Waals surface area (Å²) in [6.07, 6.45) is 0.937. The lowest BCUT2D eigenvalue weighted by molar-refractivity contribution is 0.193. The SMILES string of the molecule is CCc1nn(CC)c(CN(CC)CCO)c1Br. The Bertz CT molecular complexity index is 352. The largest absolute Gasteiger partial charge is 0.395 e. The summed E-state index contributed by atoms with van der Waals surface area (Å²) in [4.78, 5) is 2.22. The average molecular weight is 304 g/mol. The van der Waals surface area contributed by atoms with Crippen LogP contribution in [0.1, 0.15) is 32.2 Å². The third-order valence-corrected chi connectivity index (χ3v) is 3.85. The predicted octanol–water partition coefficient (Wildman–Crippen LogP) is 2.04. The van der Waals surface area contributed by atoms with Crippen LogP contribution >= 0.6 is 15.9 Å². The van der Waals surface area contributed by atoms with Crippen LogP contribution in [0.15, 0.2) is 4.47 Å². The molecule has 1 aromatic rings. The first-order valence-electron chi connectivity index (χ1n) is 6.25. The van der Waals surface area contributed by atoms with Crippen LogP contribution in [0.5, 0.6) is 0 Å². The van der Waals surface area contributed by atoms with E-state index in [2.05, 4.69) is 46.7 Å². The maximum Gasteiger partial charge on any atom is 0.0767 e. The second kappa shape index (κ2) is 7.13. The fourth-order valence-corrected chi connectivity index (χ4v) is 2.56. The first kappa shape index (κ1) is 14.7. The maximum absolute atomic E-state index is 9.02. The predicted molar refractivity (Wildman–Crippen MR) is 73.0 cm³/mol. The van der Waals surface area contributed by atoms with Gasteiger partial charge in [-0.2, -0.15) is 5.10 Å². The van der Waals surface area contributed by atoms with Gasteiger partial charge in [0.05, 0.1) is 22.5 Å². The quantitative estimate of drug-likeness (QED) is 0.838. The second-order valence-electron chi connectivity index (χ2n) is 3.97. The van der Waals surface area contributed by atoms with E-state index in [0.717, 1.165) is 36.2 Å². The summed E-state index contributed by atoms with van der Waals surface area (Å²) >= 11 is 3.64. The van der Waals surface area contributed by atoms with Crippen LogP contribution in [0, 0.1) is 0 Å². The smallest absolute Gasteiger partial charge is 0.0767 e. The van der Waals surface area contributed by atoms with Crippen molar-refractivity contribution in [1.82, 2.24) is 14.7 Å². The van der Waals surface area contributed by atoms with Crippen molar-refractivity contribution in [3.63, 3.8) is 0 Å². The van der Waals surface area contributed by atoms with Crippen molar-refractivity contribution in [2.24, 2.45) is 0 Å². The fourth-order valence-electron chi connectivity index (χ4n) is 1.87. The van der Waals surface area contributed by atoms with E-state index in [9.17, 15) is 0 Å². The van der Waals surface area contributed by atoms with Crippen LogP contribution in [0.3, 0.4) is 0 Å². The molecule has 1 rings (SSSR count). The van der Waals surface area contributed by atoms with E-state index in [-0.39, 0.29) is 6.61 Å². The lowest BCUT2D eigenvalue weighted by Crippen LogP contribution is -2.27. The number of aromatic nitrogens is 2. The number of aliphatic hydroxyl groups is 1. The molecule has 0 atom stereocenters. The summed E-state index contributed by atoms with van der Waals surface area (Å²) in [5.41, 5.74) is 2.32. The highest BCUT2D eigenvalue weighted by Gasteiger charge is 2.15. The van der Waals surface area contributed by atoms with E-state index in [1.165, 1.54) is 5.69 Å². The van der Waals surface area contributed by atoms with E-state index in [1.807, 2.05) is 4.68 Å². The van der Waals surface area contributed by atoms with Crippen LogP contribution < -0.4 is 0 Å². The molecular formula is C12H22BrN3O. The molecule has 0 saturated heterocycles. The normalized spacial score (nSPS) is 11.4. The van der Waals surface area contributed by atoms with Gasteiger partial charge in [0.15, 0.2) is 0 Å². The molecular weight excluding hydrogens is 282 g/mol. The van der Waals surface area contributed by atoms with Crippen LogP contribution in [0.4, 0.5) is 0 Å². The van der Waals surface area contributed by atoms with E-state index in [4.69, 9.17) is 5.11 Å². The molecule has 0 fully saturated rings. The Kier molecular flexibility index (Phi) is 6.16. The summed E-state index contributed by atoms with van der Waals surface area (Å²) in [6, 6.07) is 0. The van der Waals surface area contributed by atoms with E-state index < -0.39 is 0 Å². The van der Waals surface area contributed by atoms with Crippen molar-refractivity contribution < 1.29 is 5.11 Å². The summed E-state index contributed by atoms with van der Waals surface area (Å²) in [5, 5.41) is 13.6. The first-order chi connectivity index (χ1) is 8.17. The average Bonchev–Trinajstić information content (AvgIpc) is 2.65. The van der Waals surface area contributed by atoms with Crippen molar-refractivity contribution in [1.29, 1.82) is 0 Å². The second-order valence-corrected chi connectivity index (χ2v) is 4.76. The molecule has 0 aliphatic rings. The van der Waals surface area contributed by atoms with Gasteiger partial charge in [-0.25, -0.2) is 0 Å². The van der Waals surface area contributed by atoms with Crippen molar-refractivity contribution in [3.8, 4) is 0 Å². The van der Waals surface area contributed by atoms with Gasteiger partial charge in [0, 0.05) is 19.6 Å². The minimum Gasteiger partial charge on any atom is -0.395 e. The van der Waals surface area contributed by atoms with Gasteiger partial charge in [-0.1, -0.05) is 13.8 Å². The monoisotopic (exact) mass is 303 g/mol. The standard InChI is InChI=1S/C12H22BrN3O/c1-4-10-12(13)11(16(6-3)14-10)9-15(5-2)7-8-17/h17H,4-9H2,1-3H3. The van der Waals surface area contributed by atoms with Crippen molar-refractivity contribution in [3.05, 3.63) is 15.9 Å². The van der Waals surface area contributed by atoms with Crippen LogP contribution in [0.2, 0.25) is 0 Å². The number of aryl methyl sites for hydroxylation is 2. The number of hydrogen-bond acceptors (Lipinski definition) is 3. The molecule has 0 saturated carbocycles. The Labute approximate surface area is 112 Å². The Balaban J connectivity index is 2.91. The van der Waals surface area contributed by atoms with Gasteiger partial charge >= 0.3 is 0 Å². The van der Waals surface area contributed by atoms with E-state index in [0.29, 0.717) is 6.54 Å². The number of hydrogen-bond donors (Lipinski definition) is 1. The number of likely N-dealkylation sites (N-methyl/N-ethyl adjacent to an activating group) is 1. The third kappa shape index (κ3) is 3.53. The molecule has 1 N–H and O–H groups in total. The molecule has 1 aromatic heterocycles. The van der Waals surface area contributed by atoms with Gasteiger partial charge in [-0.05, 0) is 35.8 Å². The summed E-state index contributed by atoms with van der Waals surface area (Å²) in [6.45, 7) is 9.88. The zero-order valence-corrected chi connectivity index (χ0v) is 12.5. The third-order valence-electron chi connectivity index (χ3n) is 2.93. The minimum absolute atomic E-state index is 0.201. The van der Waals surface area contributed by atoms with E-state index >= 15 is 0 Å². The Hall–Kier alpha value is -0.390. The molecule has 1 heterocycles. The molecule has 0 unspecified atom stereocenters. The molecule has 0 aromatic carbocycles. The molecule has 4 nitrogen and oxygen atoms in total. The molecule has 5 heteroatoms. The summed E-state index contributed by atoms with van der Waals surface area (Å²) < 4.78 is 3.17. The van der Waals surface area contributed by atoms with Crippen LogP contribution in [0.25, 0.3) is 0 Å². The molecule has 0 bridgehead atoms. The summed E-state index contributed by atoms with van der Waals surface area (Å²) in [7, 11) is 0.